The third-order valence-electron chi connectivity index (χ3n) is 2.41. The summed E-state index contributed by atoms with van der Waals surface area (Å²) in [7, 11) is 1.73. The van der Waals surface area contributed by atoms with Gasteiger partial charge in [-0.3, -0.25) is 4.79 Å². The first-order chi connectivity index (χ1) is 7.37. The Morgan fingerprint density at radius 1 is 1.62 bits per heavy atom. The molecule has 0 atom stereocenters. The van der Waals surface area contributed by atoms with Crippen LogP contribution in [0.3, 0.4) is 0 Å². The fraction of sp³-hybridized carbons (Fsp3) is 0.545. The summed E-state index contributed by atoms with van der Waals surface area (Å²) < 4.78 is 4.89. The number of hydrogen-bond donors (Lipinski definition) is 1. The van der Waals surface area contributed by atoms with E-state index >= 15 is 0 Å². The number of amides is 1. The van der Waals surface area contributed by atoms with E-state index in [-0.39, 0.29) is 16.5 Å². The molecule has 1 amide bonds. The molecule has 0 saturated heterocycles. The van der Waals surface area contributed by atoms with Crippen molar-refractivity contribution in [1.82, 2.24) is 4.90 Å². The molecule has 0 aromatic carbocycles. The molecular weight excluding hydrogens is 228 g/mol. The maximum Gasteiger partial charge on any atom is 0.258 e. The number of nitrogens with two attached hydrogens (primary N) is 1. The van der Waals surface area contributed by atoms with Crippen LogP contribution in [0.1, 0.15) is 24.2 Å². The van der Waals surface area contributed by atoms with E-state index < -0.39 is 0 Å². The molecule has 0 radical (unpaired) electrons. The van der Waals surface area contributed by atoms with Crippen LogP contribution < -0.4 is 5.73 Å². The van der Waals surface area contributed by atoms with E-state index in [2.05, 4.69) is 0 Å². The van der Waals surface area contributed by atoms with E-state index in [4.69, 9.17) is 21.8 Å². The number of hydrogen-bond acceptors (Lipinski definition) is 3. The standard InChI is InChI=1S/C11H17ClN2O2/c1-11(2,6-13)7-14(3)10(15)8-4-5-16-9(8)12/h4-5H,6-7,13H2,1-3H3. The van der Waals surface area contributed by atoms with Crippen molar-refractivity contribution < 1.29 is 9.21 Å². The average Bonchev–Trinajstić information content (AvgIpc) is 2.62. The van der Waals surface area contributed by atoms with E-state index in [1.807, 2.05) is 13.8 Å². The highest BCUT2D eigenvalue weighted by Gasteiger charge is 2.23. The van der Waals surface area contributed by atoms with E-state index in [9.17, 15) is 4.79 Å². The first kappa shape index (κ1) is 13.1. The number of rotatable bonds is 4. The van der Waals surface area contributed by atoms with Crippen molar-refractivity contribution in [2.24, 2.45) is 11.1 Å². The molecule has 0 aliphatic rings. The van der Waals surface area contributed by atoms with Gasteiger partial charge in [-0.15, -0.1) is 0 Å². The van der Waals surface area contributed by atoms with Crippen LogP contribution in [0.5, 0.6) is 0 Å². The Kier molecular flexibility index (Phi) is 3.99. The topological polar surface area (TPSA) is 59.5 Å². The first-order valence-corrected chi connectivity index (χ1v) is 5.44. The van der Waals surface area contributed by atoms with E-state index in [1.54, 1.807) is 18.0 Å². The van der Waals surface area contributed by atoms with Crippen molar-refractivity contribution in [1.29, 1.82) is 0 Å². The molecule has 1 aromatic rings. The van der Waals surface area contributed by atoms with Crippen LogP contribution in [0.15, 0.2) is 16.7 Å². The lowest BCUT2D eigenvalue weighted by atomic mass is 9.93. The van der Waals surface area contributed by atoms with E-state index in [0.717, 1.165) is 0 Å². The van der Waals surface area contributed by atoms with Crippen molar-refractivity contribution >= 4 is 17.5 Å². The third kappa shape index (κ3) is 3.00. The van der Waals surface area contributed by atoms with Gasteiger partial charge in [-0.1, -0.05) is 13.8 Å². The summed E-state index contributed by atoms with van der Waals surface area (Å²) in [6.07, 6.45) is 1.40. The summed E-state index contributed by atoms with van der Waals surface area (Å²) in [5.41, 5.74) is 5.90. The maximum atomic E-state index is 12.0. The van der Waals surface area contributed by atoms with Gasteiger partial charge in [0.15, 0.2) is 0 Å². The summed E-state index contributed by atoms with van der Waals surface area (Å²) in [4.78, 5) is 13.6. The second-order valence-electron chi connectivity index (χ2n) is 4.64. The number of carbonyl (C=O) groups excluding carboxylic acids is 1. The maximum absolute atomic E-state index is 12.0. The molecule has 2 N–H and O–H groups in total. The van der Waals surface area contributed by atoms with Crippen molar-refractivity contribution in [2.75, 3.05) is 20.1 Å². The number of carbonyl (C=O) groups is 1. The highest BCUT2D eigenvalue weighted by Crippen LogP contribution is 2.20. The lowest BCUT2D eigenvalue weighted by Crippen LogP contribution is -2.39. The molecular formula is C11H17ClN2O2. The van der Waals surface area contributed by atoms with Gasteiger partial charge < -0.3 is 15.1 Å². The van der Waals surface area contributed by atoms with E-state index in [1.165, 1.54) is 6.26 Å². The molecule has 5 heteroatoms. The van der Waals surface area contributed by atoms with Crippen LogP contribution in [0.4, 0.5) is 0 Å². The van der Waals surface area contributed by atoms with Crippen LogP contribution in [0.25, 0.3) is 0 Å². The zero-order chi connectivity index (χ0) is 12.3. The second kappa shape index (κ2) is 4.89. The predicted molar refractivity (Wildman–Crippen MR) is 63.5 cm³/mol. The summed E-state index contributed by atoms with van der Waals surface area (Å²) in [5.74, 6) is -0.153. The second-order valence-corrected chi connectivity index (χ2v) is 4.98. The molecule has 4 nitrogen and oxygen atoms in total. The minimum Gasteiger partial charge on any atom is -0.452 e. The molecule has 1 rings (SSSR count). The zero-order valence-corrected chi connectivity index (χ0v) is 10.5. The van der Waals surface area contributed by atoms with Crippen LogP contribution in [0.2, 0.25) is 5.22 Å². The lowest BCUT2D eigenvalue weighted by Gasteiger charge is -2.28. The van der Waals surface area contributed by atoms with Crippen LogP contribution >= 0.6 is 11.6 Å². The lowest BCUT2D eigenvalue weighted by molar-refractivity contribution is 0.0740. The Morgan fingerprint density at radius 3 is 2.69 bits per heavy atom. The Bertz CT molecular complexity index is 374. The van der Waals surface area contributed by atoms with Gasteiger partial charge in [0, 0.05) is 13.6 Å². The number of furan rings is 1. The average molecular weight is 245 g/mol. The van der Waals surface area contributed by atoms with Gasteiger partial charge in [0.1, 0.15) is 0 Å². The normalized spacial score (nSPS) is 11.6. The monoisotopic (exact) mass is 244 g/mol. The minimum atomic E-state index is -0.153. The van der Waals surface area contributed by atoms with Crippen LogP contribution in [-0.2, 0) is 0 Å². The molecule has 0 aliphatic heterocycles. The molecule has 0 spiro atoms. The summed E-state index contributed by atoms with van der Waals surface area (Å²) >= 11 is 5.74. The van der Waals surface area contributed by atoms with Gasteiger partial charge in [-0.25, -0.2) is 0 Å². The third-order valence-corrected chi connectivity index (χ3v) is 2.71. The summed E-state index contributed by atoms with van der Waals surface area (Å²) in [5, 5.41) is 0.127. The largest absolute Gasteiger partial charge is 0.452 e. The van der Waals surface area contributed by atoms with Gasteiger partial charge in [0.05, 0.1) is 11.8 Å². The quantitative estimate of drug-likeness (QED) is 0.881. The Labute approximate surface area is 100 Å². The van der Waals surface area contributed by atoms with Crippen molar-refractivity contribution in [3.8, 4) is 0 Å². The Morgan fingerprint density at radius 2 is 2.25 bits per heavy atom. The molecule has 0 unspecified atom stereocenters. The molecule has 16 heavy (non-hydrogen) atoms. The summed E-state index contributed by atoms with van der Waals surface area (Å²) in [6, 6.07) is 1.57. The van der Waals surface area contributed by atoms with Gasteiger partial charge in [0.25, 0.3) is 5.91 Å². The molecule has 1 heterocycles. The molecule has 0 bridgehead atoms. The van der Waals surface area contributed by atoms with Gasteiger partial charge in [-0.2, -0.15) is 0 Å². The first-order valence-electron chi connectivity index (χ1n) is 5.06. The fourth-order valence-corrected chi connectivity index (χ4v) is 1.63. The number of nitrogens with zero attached hydrogens (tertiary/aromatic N) is 1. The Balaban J connectivity index is 2.73. The molecule has 0 aliphatic carbocycles. The van der Waals surface area contributed by atoms with Crippen molar-refractivity contribution in [3.05, 3.63) is 23.1 Å². The zero-order valence-electron chi connectivity index (χ0n) is 9.79. The fourth-order valence-electron chi connectivity index (χ4n) is 1.43. The SMILES string of the molecule is CN(CC(C)(C)CN)C(=O)c1ccoc1Cl. The highest BCUT2D eigenvalue weighted by atomic mass is 35.5. The number of halogens is 1. The minimum absolute atomic E-state index is 0.110. The predicted octanol–water partition coefficient (Wildman–Crippen LogP) is 1.99. The van der Waals surface area contributed by atoms with E-state index in [0.29, 0.717) is 18.7 Å². The van der Waals surface area contributed by atoms with Gasteiger partial charge in [0.2, 0.25) is 5.22 Å². The molecule has 1 aromatic heterocycles. The van der Waals surface area contributed by atoms with Gasteiger partial charge >= 0.3 is 0 Å². The molecule has 0 fully saturated rings. The van der Waals surface area contributed by atoms with Gasteiger partial charge in [-0.05, 0) is 29.6 Å². The smallest absolute Gasteiger partial charge is 0.258 e. The van der Waals surface area contributed by atoms with Crippen LogP contribution in [-0.4, -0.2) is 30.9 Å². The summed E-state index contributed by atoms with van der Waals surface area (Å²) in [6.45, 7) is 5.11. The van der Waals surface area contributed by atoms with Crippen molar-refractivity contribution in [2.45, 2.75) is 13.8 Å². The molecule has 0 saturated carbocycles. The van der Waals surface area contributed by atoms with Crippen LogP contribution in [0, 0.1) is 5.41 Å². The highest BCUT2D eigenvalue weighted by molar-refractivity contribution is 6.32. The Hall–Kier alpha value is -1.00. The van der Waals surface area contributed by atoms with Crippen molar-refractivity contribution in [3.63, 3.8) is 0 Å². The molecule has 90 valence electrons.